The summed E-state index contributed by atoms with van der Waals surface area (Å²) < 4.78 is 20.7. The Bertz CT molecular complexity index is 967. The number of aromatic nitrogens is 4. The summed E-state index contributed by atoms with van der Waals surface area (Å²) in [6, 6.07) is 9.74. The highest BCUT2D eigenvalue weighted by Crippen LogP contribution is 2.49. The zero-order valence-electron chi connectivity index (χ0n) is 14.0. The summed E-state index contributed by atoms with van der Waals surface area (Å²) in [4.78, 5) is 12.7. The number of benzene rings is 1. The quantitative estimate of drug-likeness (QED) is 0.762. The maximum Gasteiger partial charge on any atom is 0.236 e. The fraction of sp³-hybridized carbons (Fsp3) is 0.222. The average Bonchev–Trinajstić information content (AvgIpc) is 3.35. The van der Waals surface area contributed by atoms with E-state index < -0.39 is 5.41 Å². The van der Waals surface area contributed by atoms with Crippen LogP contribution in [-0.2, 0) is 10.2 Å². The number of nitrogens with one attached hydrogen (secondary N) is 1. The molecule has 2 heterocycles. The van der Waals surface area contributed by atoms with Gasteiger partial charge in [-0.2, -0.15) is 5.10 Å². The first-order valence-corrected chi connectivity index (χ1v) is 8.12. The van der Waals surface area contributed by atoms with E-state index in [4.69, 9.17) is 4.74 Å². The molecule has 0 saturated heterocycles. The molecule has 3 aromatic rings. The van der Waals surface area contributed by atoms with Crippen molar-refractivity contribution in [1.29, 1.82) is 0 Å². The Morgan fingerprint density at radius 1 is 1.31 bits per heavy atom. The van der Waals surface area contributed by atoms with Crippen molar-refractivity contribution in [3.05, 3.63) is 60.2 Å². The molecular weight excluding hydrogens is 337 g/mol. The zero-order valence-corrected chi connectivity index (χ0v) is 14.0. The SMILES string of the molecule is COc1cc(-n2ccc(NC(=O)C3(c4ccccc4F)CC3)n2)cnn1. The summed E-state index contributed by atoms with van der Waals surface area (Å²) in [5.74, 6) is 0.132. The number of hydrogen-bond acceptors (Lipinski definition) is 5. The molecule has 1 fully saturated rings. The van der Waals surface area contributed by atoms with Crippen molar-refractivity contribution < 1.29 is 13.9 Å². The third-order valence-corrected chi connectivity index (χ3v) is 4.50. The lowest BCUT2D eigenvalue weighted by atomic mass is 9.94. The molecule has 4 rings (SSSR count). The predicted molar refractivity (Wildman–Crippen MR) is 91.6 cm³/mol. The Kier molecular flexibility index (Phi) is 3.87. The molecule has 2 aromatic heterocycles. The van der Waals surface area contributed by atoms with E-state index in [1.165, 1.54) is 19.4 Å². The Labute approximate surface area is 148 Å². The van der Waals surface area contributed by atoms with Crippen LogP contribution < -0.4 is 10.1 Å². The van der Waals surface area contributed by atoms with Crippen LogP contribution in [0.5, 0.6) is 5.88 Å². The van der Waals surface area contributed by atoms with Crippen LogP contribution >= 0.6 is 0 Å². The van der Waals surface area contributed by atoms with Crippen LogP contribution in [0.25, 0.3) is 5.69 Å². The number of nitrogens with zero attached hydrogens (tertiary/aromatic N) is 4. The van der Waals surface area contributed by atoms with Gasteiger partial charge in [0, 0.05) is 23.9 Å². The molecule has 0 aliphatic heterocycles. The summed E-state index contributed by atoms with van der Waals surface area (Å²) >= 11 is 0. The van der Waals surface area contributed by atoms with Crippen molar-refractivity contribution in [3.8, 4) is 11.6 Å². The first-order chi connectivity index (χ1) is 12.6. The molecule has 0 bridgehead atoms. The molecule has 1 aliphatic rings. The van der Waals surface area contributed by atoms with Gasteiger partial charge in [-0.1, -0.05) is 18.2 Å². The van der Waals surface area contributed by atoms with E-state index in [0.717, 1.165) is 0 Å². The van der Waals surface area contributed by atoms with Crippen LogP contribution in [0, 0.1) is 5.82 Å². The summed E-state index contributed by atoms with van der Waals surface area (Å²) in [6.07, 6.45) is 4.45. The monoisotopic (exact) mass is 353 g/mol. The van der Waals surface area contributed by atoms with Gasteiger partial charge in [-0.25, -0.2) is 9.07 Å². The number of hydrogen-bond donors (Lipinski definition) is 1. The summed E-state index contributed by atoms with van der Waals surface area (Å²) in [6.45, 7) is 0. The molecule has 0 unspecified atom stereocenters. The van der Waals surface area contributed by atoms with E-state index in [0.29, 0.717) is 35.8 Å². The largest absolute Gasteiger partial charge is 0.480 e. The van der Waals surface area contributed by atoms with Crippen molar-refractivity contribution in [2.24, 2.45) is 0 Å². The van der Waals surface area contributed by atoms with Gasteiger partial charge >= 0.3 is 0 Å². The number of anilines is 1. The molecule has 8 heteroatoms. The highest BCUT2D eigenvalue weighted by atomic mass is 19.1. The molecular formula is C18H16FN5O2. The Hall–Kier alpha value is -3.29. The topological polar surface area (TPSA) is 81.9 Å². The van der Waals surface area contributed by atoms with Gasteiger partial charge in [-0.05, 0) is 18.9 Å². The molecule has 7 nitrogen and oxygen atoms in total. The minimum atomic E-state index is -0.809. The lowest BCUT2D eigenvalue weighted by Gasteiger charge is -2.15. The second kappa shape index (κ2) is 6.21. The maximum absolute atomic E-state index is 14.1. The third kappa shape index (κ3) is 2.79. The Morgan fingerprint density at radius 3 is 2.85 bits per heavy atom. The minimum absolute atomic E-state index is 0.252. The van der Waals surface area contributed by atoms with Crippen LogP contribution in [0.3, 0.4) is 0 Å². The lowest BCUT2D eigenvalue weighted by Crippen LogP contribution is -2.29. The number of rotatable bonds is 5. The first kappa shape index (κ1) is 16.2. The van der Waals surface area contributed by atoms with Crippen molar-refractivity contribution in [3.63, 3.8) is 0 Å². The van der Waals surface area contributed by atoms with Gasteiger partial charge in [-0.3, -0.25) is 4.79 Å². The fourth-order valence-corrected chi connectivity index (χ4v) is 2.93. The van der Waals surface area contributed by atoms with Crippen LogP contribution in [0.4, 0.5) is 10.2 Å². The van der Waals surface area contributed by atoms with Crippen LogP contribution in [0.15, 0.2) is 48.8 Å². The normalized spacial score (nSPS) is 14.7. The number of methoxy groups -OCH3 is 1. The highest BCUT2D eigenvalue weighted by molar-refractivity contribution is 6.00. The summed E-state index contributed by atoms with van der Waals surface area (Å²) in [5.41, 5.74) is 0.268. The van der Waals surface area contributed by atoms with Crippen molar-refractivity contribution >= 4 is 11.7 Å². The van der Waals surface area contributed by atoms with E-state index >= 15 is 0 Å². The maximum atomic E-state index is 14.1. The van der Waals surface area contributed by atoms with E-state index in [1.54, 1.807) is 41.2 Å². The second-order valence-corrected chi connectivity index (χ2v) is 6.12. The molecule has 132 valence electrons. The van der Waals surface area contributed by atoms with Crippen LogP contribution in [0.2, 0.25) is 0 Å². The molecule has 0 atom stereocenters. The van der Waals surface area contributed by atoms with Gasteiger partial charge in [0.05, 0.1) is 24.4 Å². The third-order valence-electron chi connectivity index (χ3n) is 4.50. The Balaban J connectivity index is 1.54. The second-order valence-electron chi connectivity index (χ2n) is 6.12. The zero-order chi connectivity index (χ0) is 18.1. The number of amides is 1. The van der Waals surface area contributed by atoms with E-state index in [-0.39, 0.29) is 11.7 Å². The molecule has 0 spiro atoms. The van der Waals surface area contributed by atoms with Gasteiger partial charge < -0.3 is 10.1 Å². The lowest BCUT2D eigenvalue weighted by molar-refractivity contribution is -0.118. The molecule has 26 heavy (non-hydrogen) atoms. The minimum Gasteiger partial charge on any atom is -0.480 e. The smallest absolute Gasteiger partial charge is 0.236 e. The number of carbonyl (C=O) groups excluding carboxylic acids is 1. The van der Waals surface area contributed by atoms with E-state index in [1.807, 2.05) is 0 Å². The van der Waals surface area contributed by atoms with Crippen LogP contribution in [-0.4, -0.2) is 33.0 Å². The van der Waals surface area contributed by atoms with Gasteiger partial charge in [-0.15, -0.1) is 10.2 Å². The summed E-state index contributed by atoms with van der Waals surface area (Å²) in [5, 5.41) is 14.7. The number of ether oxygens (including phenoxy) is 1. The molecule has 0 radical (unpaired) electrons. The number of halogens is 1. The predicted octanol–water partition coefficient (Wildman–Crippen LogP) is 2.48. The van der Waals surface area contributed by atoms with Gasteiger partial charge in [0.2, 0.25) is 11.8 Å². The molecule has 1 N–H and O–H groups in total. The van der Waals surface area contributed by atoms with Crippen LogP contribution in [0.1, 0.15) is 18.4 Å². The van der Waals surface area contributed by atoms with Gasteiger partial charge in [0.25, 0.3) is 0 Å². The fourth-order valence-electron chi connectivity index (χ4n) is 2.93. The highest BCUT2D eigenvalue weighted by Gasteiger charge is 2.52. The molecule has 1 saturated carbocycles. The first-order valence-electron chi connectivity index (χ1n) is 8.12. The van der Waals surface area contributed by atoms with Crippen molar-refractivity contribution in [1.82, 2.24) is 20.0 Å². The Morgan fingerprint density at radius 2 is 2.12 bits per heavy atom. The molecule has 1 amide bonds. The average molecular weight is 353 g/mol. The van der Waals surface area contributed by atoms with Gasteiger partial charge in [0.1, 0.15) is 5.82 Å². The van der Waals surface area contributed by atoms with Gasteiger partial charge in [0.15, 0.2) is 5.82 Å². The summed E-state index contributed by atoms with van der Waals surface area (Å²) in [7, 11) is 1.50. The molecule has 1 aromatic carbocycles. The number of carbonyl (C=O) groups is 1. The van der Waals surface area contributed by atoms with Crippen molar-refractivity contribution in [2.45, 2.75) is 18.3 Å². The van der Waals surface area contributed by atoms with Crippen molar-refractivity contribution in [2.75, 3.05) is 12.4 Å². The standard InChI is InChI=1S/C18H16FN5O2/c1-26-16-10-12(11-20-22-16)24-9-6-15(23-24)21-17(25)18(7-8-18)13-4-2-3-5-14(13)19/h2-6,9-11H,7-8H2,1H3,(H,21,23,25). The van der Waals surface area contributed by atoms with E-state index in [9.17, 15) is 9.18 Å². The van der Waals surface area contributed by atoms with E-state index in [2.05, 4.69) is 20.6 Å². The molecule has 1 aliphatic carbocycles.